The van der Waals surface area contributed by atoms with Crippen LogP contribution in [0, 0.1) is 5.41 Å². The van der Waals surface area contributed by atoms with Gasteiger partial charge in [-0.25, -0.2) is 0 Å². The molecule has 0 unspecified atom stereocenters. The van der Waals surface area contributed by atoms with Crippen LogP contribution in [-0.4, -0.2) is 9.07 Å². The number of hydrogen-bond acceptors (Lipinski definition) is 1. The first-order valence-electron chi connectivity index (χ1n) is 3.51. The Morgan fingerprint density at radius 1 is 1.42 bits per heavy atom. The predicted molar refractivity (Wildman–Crippen MR) is 57.9 cm³/mol. The molecule has 0 amide bonds. The minimum atomic E-state index is 0.0828. The van der Waals surface area contributed by atoms with Crippen molar-refractivity contribution in [2.45, 2.75) is 6.54 Å². The third kappa shape index (κ3) is 2.69. The number of hydrogen-bond donors (Lipinski definition) is 2. The van der Waals surface area contributed by atoms with Gasteiger partial charge in [-0.15, -0.1) is 0 Å². The zero-order valence-electron chi connectivity index (χ0n) is 6.50. The van der Waals surface area contributed by atoms with Crippen LogP contribution in [0.3, 0.4) is 0 Å². The Bertz CT molecular complexity index is 260. The zero-order valence-corrected chi connectivity index (χ0v) is 8.65. The highest BCUT2D eigenvalue weighted by Crippen LogP contribution is 2.07. The Labute approximate surface area is 85.6 Å². The molecule has 64 valence electrons. The highest BCUT2D eigenvalue weighted by molar-refractivity contribution is 14.1. The summed E-state index contributed by atoms with van der Waals surface area (Å²) >= 11 is 2.02. The van der Waals surface area contributed by atoms with E-state index >= 15 is 0 Å². The number of nitrogens with one attached hydrogen (secondary N) is 1. The Kier molecular flexibility index (Phi) is 3.33. The molecule has 0 aromatic heterocycles. The van der Waals surface area contributed by atoms with Gasteiger partial charge in [0.15, 0.2) is 5.96 Å². The van der Waals surface area contributed by atoms with Crippen molar-refractivity contribution in [1.29, 1.82) is 5.41 Å². The SMILES string of the molecule is N=C(N)N(I)Cc1ccccc1. The summed E-state index contributed by atoms with van der Waals surface area (Å²) in [7, 11) is 0. The van der Waals surface area contributed by atoms with E-state index in [9.17, 15) is 0 Å². The quantitative estimate of drug-likeness (QED) is 0.374. The highest BCUT2D eigenvalue weighted by Gasteiger charge is 2.01. The third-order valence-corrected chi connectivity index (χ3v) is 2.29. The number of guanidine groups is 1. The second-order valence-electron chi connectivity index (χ2n) is 2.39. The fourth-order valence-electron chi connectivity index (χ4n) is 0.829. The lowest BCUT2D eigenvalue weighted by atomic mass is 10.2. The number of nitrogens with zero attached hydrogens (tertiary/aromatic N) is 1. The standard InChI is InChI=1S/C8H10IN3/c9-12(8(10)11)6-7-4-2-1-3-5-7/h1-5H,6H2,(H3,10,11). The average Bonchev–Trinajstić information content (AvgIpc) is 2.06. The minimum absolute atomic E-state index is 0.0828. The summed E-state index contributed by atoms with van der Waals surface area (Å²) in [4.78, 5) is 0. The van der Waals surface area contributed by atoms with Crippen molar-refractivity contribution >= 4 is 28.8 Å². The molecule has 0 fully saturated rings. The van der Waals surface area contributed by atoms with E-state index in [0.717, 1.165) is 5.56 Å². The van der Waals surface area contributed by atoms with Gasteiger partial charge in [0.2, 0.25) is 0 Å². The lowest BCUT2D eigenvalue weighted by molar-refractivity contribution is 0.704. The van der Waals surface area contributed by atoms with E-state index in [2.05, 4.69) is 0 Å². The molecule has 1 rings (SSSR count). The lowest BCUT2D eigenvalue weighted by Crippen LogP contribution is -2.27. The van der Waals surface area contributed by atoms with Crippen LogP contribution in [0.5, 0.6) is 0 Å². The van der Waals surface area contributed by atoms with Gasteiger partial charge < -0.3 is 5.73 Å². The number of halogens is 1. The fourth-order valence-corrected chi connectivity index (χ4v) is 1.22. The molecular weight excluding hydrogens is 265 g/mol. The maximum Gasteiger partial charge on any atom is 0.197 e. The molecule has 0 radical (unpaired) electrons. The van der Waals surface area contributed by atoms with Crippen LogP contribution in [0.4, 0.5) is 0 Å². The summed E-state index contributed by atoms with van der Waals surface area (Å²) in [6.07, 6.45) is 0. The van der Waals surface area contributed by atoms with Crippen molar-refractivity contribution < 1.29 is 0 Å². The third-order valence-electron chi connectivity index (χ3n) is 1.43. The fraction of sp³-hybridized carbons (Fsp3) is 0.125. The Hall–Kier alpha value is -0.780. The molecule has 0 spiro atoms. The molecule has 0 saturated carbocycles. The first-order chi connectivity index (χ1) is 5.70. The molecular formula is C8H10IN3. The van der Waals surface area contributed by atoms with Crippen LogP contribution in [0.15, 0.2) is 30.3 Å². The van der Waals surface area contributed by atoms with Crippen LogP contribution >= 0.6 is 22.9 Å². The van der Waals surface area contributed by atoms with Crippen molar-refractivity contribution in [3.05, 3.63) is 35.9 Å². The van der Waals surface area contributed by atoms with Gasteiger partial charge in [0.05, 0.1) is 29.4 Å². The summed E-state index contributed by atoms with van der Waals surface area (Å²) in [5.74, 6) is 0.0828. The molecule has 0 bridgehead atoms. The Balaban J connectivity index is 2.58. The van der Waals surface area contributed by atoms with Crippen LogP contribution in [0.2, 0.25) is 0 Å². The maximum atomic E-state index is 7.15. The van der Waals surface area contributed by atoms with Crippen molar-refractivity contribution in [3.8, 4) is 0 Å². The Morgan fingerprint density at radius 3 is 2.50 bits per heavy atom. The van der Waals surface area contributed by atoms with Gasteiger partial charge >= 0.3 is 0 Å². The van der Waals surface area contributed by atoms with E-state index in [1.54, 1.807) is 3.11 Å². The van der Waals surface area contributed by atoms with Crippen LogP contribution < -0.4 is 5.73 Å². The van der Waals surface area contributed by atoms with E-state index in [1.165, 1.54) is 0 Å². The number of nitrogens with two attached hydrogens (primary N) is 1. The first-order valence-corrected chi connectivity index (χ1v) is 4.48. The number of benzene rings is 1. The number of rotatable bonds is 2. The van der Waals surface area contributed by atoms with Gasteiger partial charge in [-0.05, 0) is 5.56 Å². The van der Waals surface area contributed by atoms with Gasteiger partial charge in [-0.3, -0.25) is 8.52 Å². The molecule has 3 nitrogen and oxygen atoms in total. The van der Waals surface area contributed by atoms with Crippen LogP contribution in [-0.2, 0) is 6.54 Å². The molecule has 0 atom stereocenters. The van der Waals surface area contributed by atoms with Gasteiger partial charge in [0, 0.05) is 0 Å². The largest absolute Gasteiger partial charge is 0.369 e. The summed E-state index contributed by atoms with van der Waals surface area (Å²) in [6, 6.07) is 9.93. The molecule has 0 aliphatic carbocycles. The van der Waals surface area contributed by atoms with E-state index in [0.29, 0.717) is 6.54 Å². The molecule has 4 heteroatoms. The zero-order chi connectivity index (χ0) is 8.97. The lowest BCUT2D eigenvalue weighted by Gasteiger charge is -2.13. The maximum absolute atomic E-state index is 7.15. The topological polar surface area (TPSA) is 53.1 Å². The molecule has 0 aliphatic heterocycles. The van der Waals surface area contributed by atoms with Crippen LogP contribution in [0.1, 0.15) is 5.56 Å². The molecule has 1 aromatic rings. The second-order valence-corrected chi connectivity index (χ2v) is 3.56. The van der Waals surface area contributed by atoms with Crippen LogP contribution in [0.25, 0.3) is 0 Å². The molecule has 1 aromatic carbocycles. The average molecular weight is 275 g/mol. The van der Waals surface area contributed by atoms with Crippen molar-refractivity contribution in [1.82, 2.24) is 3.11 Å². The molecule has 0 aliphatic rings. The summed E-state index contributed by atoms with van der Waals surface area (Å²) in [5, 5.41) is 7.15. The van der Waals surface area contributed by atoms with Gasteiger partial charge in [-0.1, -0.05) is 30.3 Å². The smallest absolute Gasteiger partial charge is 0.197 e. The summed E-state index contributed by atoms with van der Waals surface area (Å²) in [6.45, 7) is 0.677. The summed E-state index contributed by atoms with van der Waals surface area (Å²) < 4.78 is 1.66. The first kappa shape index (κ1) is 9.31. The molecule has 12 heavy (non-hydrogen) atoms. The van der Waals surface area contributed by atoms with Gasteiger partial charge in [0.25, 0.3) is 0 Å². The van der Waals surface area contributed by atoms with E-state index in [-0.39, 0.29) is 5.96 Å². The van der Waals surface area contributed by atoms with E-state index in [4.69, 9.17) is 11.1 Å². The predicted octanol–water partition coefficient (Wildman–Crippen LogP) is 1.73. The van der Waals surface area contributed by atoms with Gasteiger partial charge in [0.1, 0.15) is 0 Å². The van der Waals surface area contributed by atoms with E-state index < -0.39 is 0 Å². The second kappa shape index (κ2) is 4.30. The normalized spacial score (nSPS) is 9.42. The van der Waals surface area contributed by atoms with Crippen molar-refractivity contribution in [2.75, 3.05) is 0 Å². The molecule has 0 saturated heterocycles. The van der Waals surface area contributed by atoms with Gasteiger partial charge in [-0.2, -0.15) is 0 Å². The van der Waals surface area contributed by atoms with Crippen molar-refractivity contribution in [3.63, 3.8) is 0 Å². The van der Waals surface area contributed by atoms with Crippen molar-refractivity contribution in [2.24, 2.45) is 5.73 Å². The minimum Gasteiger partial charge on any atom is -0.369 e. The molecule has 0 heterocycles. The van der Waals surface area contributed by atoms with E-state index in [1.807, 2.05) is 53.2 Å². The highest BCUT2D eigenvalue weighted by atomic mass is 127. The summed E-state index contributed by atoms with van der Waals surface area (Å²) in [5.41, 5.74) is 6.44. The monoisotopic (exact) mass is 275 g/mol. The Morgan fingerprint density at radius 2 is 2.00 bits per heavy atom. The molecule has 3 N–H and O–H groups in total.